The second kappa shape index (κ2) is 9.27. The molecule has 5 rings (SSSR count). The molecule has 3 atom stereocenters. The quantitative estimate of drug-likeness (QED) is 0.509. The van der Waals surface area contributed by atoms with Crippen LogP contribution in [0.2, 0.25) is 0 Å². The van der Waals surface area contributed by atoms with Gasteiger partial charge in [0.2, 0.25) is 0 Å². The van der Waals surface area contributed by atoms with Crippen molar-refractivity contribution in [3.63, 3.8) is 0 Å². The number of halogens is 2. The molecule has 1 fully saturated rings. The molecule has 0 bridgehead atoms. The number of aromatic nitrogens is 3. The topological polar surface area (TPSA) is 96.5 Å². The Morgan fingerprint density at radius 2 is 1.84 bits per heavy atom. The number of hydrogen-bond donors (Lipinski definition) is 0. The van der Waals surface area contributed by atoms with Gasteiger partial charge < -0.3 is 14.4 Å². The van der Waals surface area contributed by atoms with E-state index in [1.807, 2.05) is 6.92 Å². The third-order valence-electron chi connectivity index (χ3n) is 7.41. The van der Waals surface area contributed by atoms with E-state index in [9.17, 15) is 18.8 Å². The minimum atomic E-state index is -3.66. The van der Waals surface area contributed by atoms with Crippen LogP contribution < -0.4 is 20.1 Å². The van der Waals surface area contributed by atoms with Gasteiger partial charge >= 0.3 is 12.0 Å². The molecule has 2 aliphatic rings. The normalized spacial score (nSPS) is 21.7. The molecule has 9 nitrogen and oxygen atoms in total. The van der Waals surface area contributed by atoms with Gasteiger partial charge in [0.25, 0.3) is 0 Å². The van der Waals surface area contributed by atoms with E-state index in [-0.39, 0.29) is 41.0 Å². The Balaban J connectivity index is 1.50. The number of piperazine rings is 1. The number of alkyl halides is 2. The summed E-state index contributed by atoms with van der Waals surface area (Å²) in [6.07, 6.45) is -2.06. The van der Waals surface area contributed by atoms with Crippen LogP contribution in [0.1, 0.15) is 50.9 Å². The van der Waals surface area contributed by atoms with E-state index in [1.165, 1.54) is 10.6 Å². The number of fused-ring (bicyclic) bond motifs is 2. The van der Waals surface area contributed by atoms with Gasteiger partial charge in [0.1, 0.15) is 17.3 Å². The van der Waals surface area contributed by atoms with E-state index in [2.05, 4.69) is 49.2 Å². The first-order valence-electron chi connectivity index (χ1n) is 12.4. The Kier molecular flexibility index (Phi) is 6.23. The summed E-state index contributed by atoms with van der Waals surface area (Å²) in [5, 5.41) is 9.41. The van der Waals surface area contributed by atoms with Crippen molar-refractivity contribution in [2.75, 3.05) is 18.0 Å². The third-order valence-corrected chi connectivity index (χ3v) is 7.41. The molecule has 1 saturated heterocycles. The largest absolute Gasteiger partial charge is 0.586 e. The predicted octanol–water partition coefficient (Wildman–Crippen LogP) is 3.96. The fraction of sp³-hybridized carbons (Fsp3) is 0.462. The predicted molar refractivity (Wildman–Crippen MR) is 133 cm³/mol. The van der Waals surface area contributed by atoms with Crippen LogP contribution in [-0.2, 0) is 7.05 Å². The molecule has 3 aromatic rings. The number of ether oxygens (including phenoxy) is 2. The van der Waals surface area contributed by atoms with Gasteiger partial charge in [-0.25, -0.2) is 9.78 Å². The van der Waals surface area contributed by atoms with E-state index < -0.39 is 6.29 Å². The van der Waals surface area contributed by atoms with Crippen LogP contribution in [0.15, 0.2) is 35.1 Å². The number of nitriles is 1. The Bertz CT molecular complexity index is 1450. The molecule has 0 spiro atoms. The molecule has 2 aliphatic heterocycles. The number of benzene rings is 1. The first kappa shape index (κ1) is 24.9. The van der Waals surface area contributed by atoms with E-state index in [0.29, 0.717) is 29.9 Å². The lowest BCUT2D eigenvalue weighted by Crippen LogP contribution is -2.59. The van der Waals surface area contributed by atoms with Crippen molar-refractivity contribution in [1.82, 2.24) is 19.4 Å². The fourth-order valence-electron chi connectivity index (χ4n) is 5.31. The number of hydrogen-bond acceptors (Lipinski definition) is 8. The Morgan fingerprint density at radius 1 is 1.11 bits per heavy atom. The molecule has 0 radical (unpaired) electrons. The number of rotatable bonds is 5. The second-order valence-corrected chi connectivity index (χ2v) is 9.48. The highest BCUT2D eigenvalue weighted by atomic mass is 19.3. The first-order valence-corrected chi connectivity index (χ1v) is 12.4. The molecule has 37 heavy (non-hydrogen) atoms. The molecular weight excluding hydrogens is 482 g/mol. The van der Waals surface area contributed by atoms with Gasteiger partial charge in [-0.3, -0.25) is 9.47 Å². The Morgan fingerprint density at radius 3 is 2.54 bits per heavy atom. The summed E-state index contributed by atoms with van der Waals surface area (Å²) in [7, 11) is 1.64. The molecular formula is C26H28F2N6O3. The van der Waals surface area contributed by atoms with Crippen LogP contribution >= 0.6 is 0 Å². The SMILES string of the molecule is CC[C@H]1CN(C(C)c2ccc3c(c2)OC(F)(F)O3)[C@@H](CC)CN1c1nc(=O)n(C)c2ccc(C#N)nc12. The van der Waals surface area contributed by atoms with Crippen molar-refractivity contribution in [1.29, 1.82) is 5.26 Å². The van der Waals surface area contributed by atoms with Crippen molar-refractivity contribution in [2.24, 2.45) is 7.05 Å². The monoisotopic (exact) mass is 510 g/mol. The molecule has 194 valence electrons. The summed E-state index contributed by atoms with van der Waals surface area (Å²) in [5.74, 6) is 0.540. The van der Waals surface area contributed by atoms with Crippen LogP contribution in [0.3, 0.4) is 0 Å². The molecule has 4 heterocycles. The standard InChI is InChI=1S/C26H28F2N6O3/c1-5-18-14-34(24-23-20(32(4)25(35)31-24)9-8-17(12-29)30-23)19(6-2)13-33(18)15(3)16-7-10-21-22(11-16)37-26(27,28)36-21/h7-11,15,18-19H,5-6,13-14H2,1-4H3/t15?,18-,19-/m0/s1. The number of aryl methyl sites for hydroxylation is 1. The Hall–Kier alpha value is -3.78. The van der Waals surface area contributed by atoms with Gasteiger partial charge in [0.05, 0.1) is 5.52 Å². The van der Waals surface area contributed by atoms with Crippen molar-refractivity contribution >= 4 is 16.9 Å². The lowest BCUT2D eigenvalue weighted by molar-refractivity contribution is -0.286. The summed E-state index contributed by atoms with van der Waals surface area (Å²) in [4.78, 5) is 26.1. The molecule has 1 unspecified atom stereocenters. The zero-order valence-corrected chi connectivity index (χ0v) is 21.1. The summed E-state index contributed by atoms with van der Waals surface area (Å²) >= 11 is 0. The fourth-order valence-corrected chi connectivity index (χ4v) is 5.31. The summed E-state index contributed by atoms with van der Waals surface area (Å²) in [6.45, 7) is 7.48. The van der Waals surface area contributed by atoms with Crippen molar-refractivity contribution in [3.05, 3.63) is 52.1 Å². The van der Waals surface area contributed by atoms with Gasteiger partial charge in [-0.1, -0.05) is 19.9 Å². The molecule has 2 aromatic heterocycles. The number of nitrogens with zero attached hydrogens (tertiary/aromatic N) is 6. The van der Waals surface area contributed by atoms with Crippen LogP contribution in [0.25, 0.3) is 11.0 Å². The van der Waals surface area contributed by atoms with Crippen molar-refractivity contribution < 1.29 is 18.3 Å². The van der Waals surface area contributed by atoms with Crippen LogP contribution in [0.4, 0.5) is 14.6 Å². The van der Waals surface area contributed by atoms with Gasteiger partial charge in [-0.05, 0) is 49.6 Å². The van der Waals surface area contributed by atoms with Gasteiger partial charge in [0.15, 0.2) is 17.3 Å². The van der Waals surface area contributed by atoms with Gasteiger partial charge in [-0.2, -0.15) is 10.2 Å². The first-order chi connectivity index (χ1) is 17.7. The average Bonchev–Trinajstić information content (AvgIpc) is 3.22. The maximum absolute atomic E-state index is 13.5. The highest BCUT2D eigenvalue weighted by Gasteiger charge is 2.44. The third kappa shape index (κ3) is 4.35. The van der Waals surface area contributed by atoms with Crippen LogP contribution in [0, 0.1) is 11.3 Å². The highest BCUT2D eigenvalue weighted by Crippen LogP contribution is 2.43. The van der Waals surface area contributed by atoms with Crippen LogP contribution in [-0.4, -0.2) is 50.9 Å². The second-order valence-electron chi connectivity index (χ2n) is 9.48. The zero-order valence-electron chi connectivity index (χ0n) is 21.1. The lowest BCUT2D eigenvalue weighted by atomic mass is 9.97. The molecule has 0 saturated carbocycles. The lowest BCUT2D eigenvalue weighted by Gasteiger charge is -2.49. The van der Waals surface area contributed by atoms with E-state index in [0.717, 1.165) is 18.4 Å². The maximum Gasteiger partial charge on any atom is 0.586 e. The summed E-state index contributed by atoms with van der Waals surface area (Å²) in [5.41, 5.74) is 1.86. The minimum Gasteiger partial charge on any atom is -0.395 e. The molecule has 0 N–H and O–H groups in total. The van der Waals surface area contributed by atoms with E-state index in [4.69, 9.17) is 0 Å². The number of anilines is 1. The highest BCUT2D eigenvalue weighted by molar-refractivity contribution is 5.86. The van der Waals surface area contributed by atoms with Crippen LogP contribution in [0.5, 0.6) is 11.5 Å². The Labute approximate surface area is 212 Å². The zero-order chi connectivity index (χ0) is 26.5. The minimum absolute atomic E-state index is 0.0129. The van der Waals surface area contributed by atoms with Gasteiger partial charge in [-0.15, -0.1) is 8.78 Å². The summed E-state index contributed by atoms with van der Waals surface area (Å²) in [6, 6.07) is 10.3. The molecule has 1 aromatic carbocycles. The molecule has 0 aliphatic carbocycles. The van der Waals surface area contributed by atoms with Crippen molar-refractivity contribution in [2.45, 2.75) is 58.0 Å². The maximum atomic E-state index is 13.5. The van der Waals surface area contributed by atoms with E-state index in [1.54, 1.807) is 31.3 Å². The van der Waals surface area contributed by atoms with E-state index >= 15 is 0 Å². The van der Waals surface area contributed by atoms with Crippen molar-refractivity contribution in [3.8, 4) is 17.6 Å². The molecule has 11 heteroatoms. The summed E-state index contributed by atoms with van der Waals surface area (Å²) < 4.78 is 37.7. The van der Waals surface area contributed by atoms with Gasteiger partial charge in [0, 0.05) is 38.3 Å². The average molecular weight is 511 g/mol. The number of pyridine rings is 1. The molecule has 0 amide bonds. The smallest absolute Gasteiger partial charge is 0.395 e.